The SMILES string of the molecule is Cl.O=C(c1ccc(OCCCN2CCCCC2)cc1)N1CCN(C(=O)c2cccs2)CC1. The smallest absolute Gasteiger partial charge is 0.264 e. The highest BCUT2D eigenvalue weighted by atomic mass is 35.5. The van der Waals surface area contributed by atoms with Crippen molar-refractivity contribution in [3.8, 4) is 5.75 Å². The van der Waals surface area contributed by atoms with E-state index in [0.717, 1.165) is 23.6 Å². The van der Waals surface area contributed by atoms with Gasteiger partial charge in [0.15, 0.2) is 0 Å². The maximum atomic E-state index is 12.8. The molecule has 8 heteroatoms. The Labute approximate surface area is 200 Å². The van der Waals surface area contributed by atoms with Gasteiger partial charge in [-0.2, -0.15) is 0 Å². The van der Waals surface area contributed by atoms with Gasteiger partial charge in [-0.25, -0.2) is 0 Å². The van der Waals surface area contributed by atoms with E-state index in [2.05, 4.69) is 4.90 Å². The zero-order valence-corrected chi connectivity index (χ0v) is 20.0. The molecule has 32 heavy (non-hydrogen) atoms. The summed E-state index contributed by atoms with van der Waals surface area (Å²) < 4.78 is 5.86. The molecule has 0 unspecified atom stereocenters. The summed E-state index contributed by atoms with van der Waals surface area (Å²) in [6, 6.07) is 11.2. The minimum absolute atomic E-state index is 0. The molecule has 2 amide bonds. The van der Waals surface area contributed by atoms with Crippen LogP contribution in [0.1, 0.15) is 45.7 Å². The summed E-state index contributed by atoms with van der Waals surface area (Å²) in [6.07, 6.45) is 5.02. The Morgan fingerprint density at radius 2 is 1.50 bits per heavy atom. The molecular formula is C24H32ClN3O3S. The van der Waals surface area contributed by atoms with Crippen molar-refractivity contribution in [1.29, 1.82) is 0 Å². The lowest BCUT2D eigenvalue weighted by Crippen LogP contribution is -2.50. The van der Waals surface area contributed by atoms with E-state index in [-0.39, 0.29) is 24.2 Å². The fourth-order valence-corrected chi connectivity index (χ4v) is 4.90. The molecule has 2 fully saturated rings. The fraction of sp³-hybridized carbons (Fsp3) is 0.500. The predicted octanol–water partition coefficient (Wildman–Crippen LogP) is 4.02. The summed E-state index contributed by atoms with van der Waals surface area (Å²) in [6.45, 7) is 6.48. The third-order valence-electron chi connectivity index (χ3n) is 6.02. The highest BCUT2D eigenvalue weighted by molar-refractivity contribution is 7.12. The maximum absolute atomic E-state index is 12.8. The number of halogens is 1. The van der Waals surface area contributed by atoms with Gasteiger partial charge in [-0.1, -0.05) is 12.5 Å². The fourth-order valence-electron chi connectivity index (χ4n) is 4.21. The summed E-state index contributed by atoms with van der Waals surface area (Å²) in [5.41, 5.74) is 0.665. The van der Waals surface area contributed by atoms with Crippen molar-refractivity contribution in [2.24, 2.45) is 0 Å². The standard InChI is InChI=1S/C24H31N3O3S.ClH/c28-23(26-14-16-27(17-15-26)24(29)22-6-4-19-31-22)20-7-9-21(10-8-20)30-18-5-13-25-11-2-1-3-12-25;/h4,6-10,19H,1-3,5,11-18H2;1H. The molecule has 1 aromatic carbocycles. The second kappa shape index (κ2) is 12.2. The molecule has 0 bridgehead atoms. The van der Waals surface area contributed by atoms with Crippen LogP contribution in [-0.4, -0.2) is 78.9 Å². The van der Waals surface area contributed by atoms with Crippen molar-refractivity contribution in [2.75, 3.05) is 52.4 Å². The number of thiophene rings is 1. The van der Waals surface area contributed by atoms with Gasteiger partial charge in [-0.15, -0.1) is 23.7 Å². The Bertz CT molecular complexity index is 846. The number of rotatable bonds is 7. The normalized spacial score (nSPS) is 17.0. The number of nitrogens with zero attached hydrogens (tertiary/aromatic N) is 3. The first-order chi connectivity index (χ1) is 15.2. The van der Waals surface area contributed by atoms with Crippen LogP contribution in [0.5, 0.6) is 5.75 Å². The van der Waals surface area contributed by atoms with Crippen LogP contribution in [0.4, 0.5) is 0 Å². The number of carbonyl (C=O) groups is 2. The lowest BCUT2D eigenvalue weighted by molar-refractivity contribution is 0.0538. The summed E-state index contributed by atoms with van der Waals surface area (Å²) in [4.78, 5) is 32.2. The minimum Gasteiger partial charge on any atom is -0.494 e. The Hall–Kier alpha value is -2.09. The highest BCUT2D eigenvalue weighted by Gasteiger charge is 2.25. The molecule has 0 radical (unpaired) electrons. The first-order valence-corrected chi connectivity index (χ1v) is 12.2. The van der Waals surface area contributed by atoms with E-state index >= 15 is 0 Å². The van der Waals surface area contributed by atoms with E-state index in [9.17, 15) is 9.59 Å². The summed E-state index contributed by atoms with van der Waals surface area (Å²) in [5, 5.41) is 1.91. The summed E-state index contributed by atoms with van der Waals surface area (Å²) in [5.74, 6) is 0.880. The number of piperazine rings is 1. The predicted molar refractivity (Wildman–Crippen MR) is 130 cm³/mol. The van der Waals surface area contributed by atoms with E-state index in [1.807, 2.05) is 51.6 Å². The number of benzene rings is 1. The number of hydrogen-bond donors (Lipinski definition) is 0. The first-order valence-electron chi connectivity index (χ1n) is 11.3. The Morgan fingerprint density at radius 3 is 2.12 bits per heavy atom. The van der Waals surface area contributed by atoms with Gasteiger partial charge in [0.1, 0.15) is 5.75 Å². The average Bonchev–Trinajstić information content (AvgIpc) is 3.37. The molecular weight excluding hydrogens is 446 g/mol. The van der Waals surface area contributed by atoms with Crippen LogP contribution >= 0.6 is 23.7 Å². The van der Waals surface area contributed by atoms with E-state index in [1.54, 1.807) is 0 Å². The number of amides is 2. The van der Waals surface area contributed by atoms with Crippen molar-refractivity contribution in [2.45, 2.75) is 25.7 Å². The van der Waals surface area contributed by atoms with Crippen LogP contribution in [0.15, 0.2) is 41.8 Å². The lowest BCUT2D eigenvalue weighted by atomic mass is 10.1. The molecule has 174 valence electrons. The Morgan fingerprint density at radius 1 is 0.844 bits per heavy atom. The van der Waals surface area contributed by atoms with Gasteiger partial charge in [0, 0.05) is 38.3 Å². The van der Waals surface area contributed by atoms with Crippen molar-refractivity contribution < 1.29 is 14.3 Å². The van der Waals surface area contributed by atoms with Crippen molar-refractivity contribution in [3.63, 3.8) is 0 Å². The summed E-state index contributed by atoms with van der Waals surface area (Å²) >= 11 is 1.46. The molecule has 4 rings (SSSR count). The van der Waals surface area contributed by atoms with Crippen LogP contribution in [0.3, 0.4) is 0 Å². The van der Waals surface area contributed by atoms with Gasteiger partial charge < -0.3 is 19.4 Å². The van der Waals surface area contributed by atoms with E-state index in [0.29, 0.717) is 38.3 Å². The molecule has 6 nitrogen and oxygen atoms in total. The quantitative estimate of drug-likeness (QED) is 0.565. The van der Waals surface area contributed by atoms with E-state index in [4.69, 9.17) is 4.74 Å². The summed E-state index contributed by atoms with van der Waals surface area (Å²) in [7, 11) is 0. The second-order valence-corrected chi connectivity index (χ2v) is 9.14. The number of likely N-dealkylation sites (tertiary alicyclic amines) is 1. The zero-order chi connectivity index (χ0) is 21.5. The van der Waals surface area contributed by atoms with Gasteiger partial charge in [-0.3, -0.25) is 9.59 Å². The Balaban J connectivity index is 0.00000289. The number of ether oxygens (including phenoxy) is 1. The van der Waals surface area contributed by atoms with Gasteiger partial charge in [0.25, 0.3) is 11.8 Å². The molecule has 0 spiro atoms. The molecule has 0 atom stereocenters. The molecule has 2 aromatic rings. The van der Waals surface area contributed by atoms with Crippen LogP contribution in [-0.2, 0) is 0 Å². The molecule has 2 aliphatic heterocycles. The van der Waals surface area contributed by atoms with E-state index in [1.165, 1.54) is 43.7 Å². The molecule has 2 aliphatic rings. The Kier molecular flexibility index (Phi) is 9.38. The first kappa shape index (κ1) is 24.6. The minimum atomic E-state index is 0. The number of piperidine rings is 1. The van der Waals surface area contributed by atoms with Gasteiger partial charge in [-0.05, 0) is 68.1 Å². The molecule has 0 N–H and O–H groups in total. The van der Waals surface area contributed by atoms with Crippen LogP contribution in [0, 0.1) is 0 Å². The van der Waals surface area contributed by atoms with Crippen LogP contribution in [0.25, 0.3) is 0 Å². The molecule has 2 saturated heterocycles. The molecule has 0 saturated carbocycles. The third-order valence-corrected chi connectivity index (χ3v) is 6.88. The molecule has 1 aromatic heterocycles. The van der Waals surface area contributed by atoms with Crippen molar-refractivity contribution in [3.05, 3.63) is 52.2 Å². The monoisotopic (exact) mass is 477 g/mol. The van der Waals surface area contributed by atoms with Crippen molar-refractivity contribution >= 4 is 35.6 Å². The third kappa shape index (κ3) is 6.47. The number of hydrogen-bond acceptors (Lipinski definition) is 5. The molecule has 3 heterocycles. The van der Waals surface area contributed by atoms with Gasteiger partial charge in [0.2, 0.25) is 0 Å². The molecule has 0 aliphatic carbocycles. The van der Waals surface area contributed by atoms with Crippen LogP contribution in [0.2, 0.25) is 0 Å². The average molecular weight is 478 g/mol. The van der Waals surface area contributed by atoms with Crippen LogP contribution < -0.4 is 4.74 Å². The topological polar surface area (TPSA) is 53.1 Å². The zero-order valence-electron chi connectivity index (χ0n) is 18.4. The lowest BCUT2D eigenvalue weighted by Gasteiger charge is -2.34. The van der Waals surface area contributed by atoms with Gasteiger partial charge in [0.05, 0.1) is 11.5 Å². The van der Waals surface area contributed by atoms with E-state index < -0.39 is 0 Å². The van der Waals surface area contributed by atoms with Gasteiger partial charge >= 0.3 is 0 Å². The number of carbonyl (C=O) groups excluding carboxylic acids is 2. The highest BCUT2D eigenvalue weighted by Crippen LogP contribution is 2.17. The largest absolute Gasteiger partial charge is 0.494 e. The van der Waals surface area contributed by atoms with Crippen molar-refractivity contribution in [1.82, 2.24) is 14.7 Å². The second-order valence-electron chi connectivity index (χ2n) is 8.19. The maximum Gasteiger partial charge on any atom is 0.264 e.